The van der Waals surface area contributed by atoms with Crippen LogP contribution in [0.3, 0.4) is 0 Å². The summed E-state index contributed by atoms with van der Waals surface area (Å²) in [7, 11) is 2.84. The minimum Gasteiger partial charge on any atom is -0.496 e. The SMILES string of the molecule is COc1cc(F)ccc1NC(=O)c1c(N)cccc1OC. The molecule has 0 heterocycles. The molecular weight excluding hydrogens is 275 g/mol. The third-order valence-corrected chi connectivity index (χ3v) is 2.92. The number of anilines is 2. The fraction of sp³-hybridized carbons (Fsp3) is 0.133. The first-order chi connectivity index (χ1) is 10.1. The Morgan fingerprint density at radius 2 is 1.86 bits per heavy atom. The van der Waals surface area contributed by atoms with Gasteiger partial charge in [-0.25, -0.2) is 4.39 Å². The van der Waals surface area contributed by atoms with Crippen LogP contribution in [0.5, 0.6) is 11.5 Å². The van der Waals surface area contributed by atoms with E-state index in [1.54, 1.807) is 18.2 Å². The Bertz CT molecular complexity index is 674. The summed E-state index contributed by atoms with van der Waals surface area (Å²) in [6.45, 7) is 0. The highest BCUT2D eigenvalue weighted by Gasteiger charge is 2.17. The number of rotatable bonds is 4. The molecule has 0 aliphatic rings. The average molecular weight is 290 g/mol. The van der Waals surface area contributed by atoms with Gasteiger partial charge in [-0.2, -0.15) is 0 Å². The third kappa shape index (κ3) is 3.05. The summed E-state index contributed by atoms with van der Waals surface area (Å²) in [6, 6.07) is 8.73. The fourth-order valence-corrected chi connectivity index (χ4v) is 1.91. The lowest BCUT2D eigenvalue weighted by Gasteiger charge is -2.13. The maximum absolute atomic E-state index is 13.1. The van der Waals surface area contributed by atoms with Gasteiger partial charge in [-0.1, -0.05) is 6.07 Å². The Kier molecular flexibility index (Phi) is 4.27. The van der Waals surface area contributed by atoms with E-state index in [1.165, 1.54) is 32.4 Å². The molecule has 2 aromatic rings. The summed E-state index contributed by atoms with van der Waals surface area (Å²) in [5.41, 5.74) is 6.66. The number of hydrogen-bond acceptors (Lipinski definition) is 4. The van der Waals surface area contributed by atoms with Gasteiger partial charge >= 0.3 is 0 Å². The number of methoxy groups -OCH3 is 2. The number of amides is 1. The van der Waals surface area contributed by atoms with Crippen molar-refractivity contribution >= 4 is 17.3 Å². The molecule has 0 aromatic heterocycles. The molecule has 21 heavy (non-hydrogen) atoms. The second-order valence-electron chi connectivity index (χ2n) is 4.22. The maximum Gasteiger partial charge on any atom is 0.261 e. The quantitative estimate of drug-likeness (QED) is 0.849. The molecule has 0 bridgehead atoms. The minimum atomic E-state index is -0.463. The van der Waals surface area contributed by atoms with Crippen LogP contribution in [0.4, 0.5) is 15.8 Å². The van der Waals surface area contributed by atoms with Gasteiger partial charge in [-0.15, -0.1) is 0 Å². The highest BCUT2D eigenvalue weighted by Crippen LogP contribution is 2.29. The van der Waals surface area contributed by atoms with E-state index in [2.05, 4.69) is 5.32 Å². The molecule has 3 N–H and O–H groups in total. The number of carbonyl (C=O) groups is 1. The summed E-state index contributed by atoms with van der Waals surface area (Å²) in [5.74, 6) is -0.345. The largest absolute Gasteiger partial charge is 0.496 e. The van der Waals surface area contributed by atoms with E-state index in [-0.39, 0.29) is 17.0 Å². The van der Waals surface area contributed by atoms with E-state index in [4.69, 9.17) is 15.2 Å². The van der Waals surface area contributed by atoms with Crippen LogP contribution in [-0.4, -0.2) is 20.1 Å². The van der Waals surface area contributed by atoms with E-state index in [0.29, 0.717) is 11.4 Å². The molecule has 110 valence electrons. The maximum atomic E-state index is 13.1. The Balaban J connectivity index is 2.35. The van der Waals surface area contributed by atoms with Crippen LogP contribution in [0, 0.1) is 5.82 Å². The average Bonchev–Trinajstić information content (AvgIpc) is 2.48. The van der Waals surface area contributed by atoms with Gasteiger partial charge in [-0.3, -0.25) is 4.79 Å². The molecule has 0 radical (unpaired) electrons. The molecule has 2 aromatic carbocycles. The monoisotopic (exact) mass is 290 g/mol. The van der Waals surface area contributed by atoms with Crippen molar-refractivity contribution in [2.45, 2.75) is 0 Å². The summed E-state index contributed by atoms with van der Waals surface area (Å²) in [4.78, 5) is 12.3. The lowest BCUT2D eigenvalue weighted by Crippen LogP contribution is -2.16. The van der Waals surface area contributed by atoms with Crippen LogP contribution in [0.1, 0.15) is 10.4 Å². The normalized spacial score (nSPS) is 10.0. The van der Waals surface area contributed by atoms with Crippen LogP contribution in [0.25, 0.3) is 0 Å². The predicted octanol–water partition coefficient (Wildman–Crippen LogP) is 2.68. The van der Waals surface area contributed by atoms with Crippen LogP contribution in [0.2, 0.25) is 0 Å². The molecule has 0 unspecified atom stereocenters. The number of carbonyl (C=O) groups excluding carboxylic acids is 1. The second-order valence-corrected chi connectivity index (χ2v) is 4.22. The first kappa shape index (κ1) is 14.6. The Labute approximate surface area is 121 Å². The first-order valence-electron chi connectivity index (χ1n) is 6.14. The molecule has 0 aliphatic carbocycles. The zero-order valence-electron chi connectivity index (χ0n) is 11.6. The number of nitrogens with two attached hydrogens (primary N) is 1. The zero-order valence-corrected chi connectivity index (χ0v) is 11.6. The highest BCUT2D eigenvalue weighted by atomic mass is 19.1. The van der Waals surface area contributed by atoms with Crippen LogP contribution >= 0.6 is 0 Å². The number of ether oxygens (including phenoxy) is 2. The van der Waals surface area contributed by atoms with E-state index in [1.807, 2.05) is 0 Å². The van der Waals surface area contributed by atoms with E-state index < -0.39 is 11.7 Å². The first-order valence-corrected chi connectivity index (χ1v) is 6.14. The van der Waals surface area contributed by atoms with E-state index in [0.717, 1.165) is 0 Å². The Morgan fingerprint density at radius 3 is 2.52 bits per heavy atom. The highest BCUT2D eigenvalue weighted by molar-refractivity contribution is 6.10. The van der Waals surface area contributed by atoms with Crippen molar-refractivity contribution in [3.63, 3.8) is 0 Å². The summed E-state index contributed by atoms with van der Waals surface area (Å²) in [6.07, 6.45) is 0. The van der Waals surface area contributed by atoms with Crippen LogP contribution < -0.4 is 20.5 Å². The lowest BCUT2D eigenvalue weighted by atomic mass is 10.1. The van der Waals surface area contributed by atoms with Gasteiger partial charge < -0.3 is 20.5 Å². The van der Waals surface area contributed by atoms with Gasteiger partial charge in [0.1, 0.15) is 22.9 Å². The van der Waals surface area contributed by atoms with Crippen molar-refractivity contribution in [2.75, 3.05) is 25.3 Å². The number of nitrogen functional groups attached to an aromatic ring is 1. The molecule has 0 spiro atoms. The van der Waals surface area contributed by atoms with Crippen molar-refractivity contribution in [3.05, 3.63) is 47.8 Å². The van der Waals surface area contributed by atoms with E-state index >= 15 is 0 Å². The summed E-state index contributed by atoms with van der Waals surface area (Å²) < 4.78 is 23.3. The molecule has 0 saturated heterocycles. The van der Waals surface area contributed by atoms with Crippen LogP contribution in [0.15, 0.2) is 36.4 Å². The van der Waals surface area contributed by atoms with Crippen molar-refractivity contribution in [2.24, 2.45) is 0 Å². The third-order valence-electron chi connectivity index (χ3n) is 2.92. The van der Waals surface area contributed by atoms with Gasteiger partial charge in [0.05, 0.1) is 19.9 Å². The van der Waals surface area contributed by atoms with Gasteiger partial charge in [0, 0.05) is 11.8 Å². The molecule has 1 amide bonds. The van der Waals surface area contributed by atoms with Gasteiger partial charge in [0.25, 0.3) is 5.91 Å². The second kappa shape index (κ2) is 6.13. The molecule has 0 saturated carbocycles. The molecule has 0 fully saturated rings. The molecule has 5 nitrogen and oxygen atoms in total. The smallest absolute Gasteiger partial charge is 0.261 e. The number of hydrogen-bond donors (Lipinski definition) is 2. The Morgan fingerprint density at radius 1 is 1.14 bits per heavy atom. The summed E-state index contributed by atoms with van der Waals surface area (Å²) >= 11 is 0. The summed E-state index contributed by atoms with van der Waals surface area (Å²) in [5, 5.41) is 2.63. The van der Waals surface area contributed by atoms with Gasteiger partial charge in [0.2, 0.25) is 0 Å². The zero-order chi connectivity index (χ0) is 15.4. The van der Waals surface area contributed by atoms with Crippen molar-refractivity contribution in [1.29, 1.82) is 0 Å². The molecular formula is C15H15FN2O3. The number of halogens is 1. The lowest BCUT2D eigenvalue weighted by molar-refractivity contribution is 0.102. The standard InChI is InChI=1S/C15H15FN2O3/c1-20-12-5-3-4-10(17)14(12)15(19)18-11-7-6-9(16)8-13(11)21-2/h3-8H,17H2,1-2H3,(H,18,19). The van der Waals surface area contributed by atoms with Crippen molar-refractivity contribution in [1.82, 2.24) is 0 Å². The number of nitrogens with one attached hydrogen (secondary N) is 1. The predicted molar refractivity (Wildman–Crippen MR) is 78.3 cm³/mol. The van der Waals surface area contributed by atoms with Crippen LogP contribution in [-0.2, 0) is 0 Å². The minimum absolute atomic E-state index is 0.214. The Hall–Kier alpha value is -2.76. The number of benzene rings is 2. The van der Waals surface area contributed by atoms with Crippen molar-refractivity contribution in [3.8, 4) is 11.5 Å². The van der Waals surface area contributed by atoms with Gasteiger partial charge in [0.15, 0.2) is 0 Å². The molecule has 0 atom stereocenters. The van der Waals surface area contributed by atoms with Crippen molar-refractivity contribution < 1.29 is 18.7 Å². The van der Waals surface area contributed by atoms with E-state index in [9.17, 15) is 9.18 Å². The van der Waals surface area contributed by atoms with Gasteiger partial charge in [-0.05, 0) is 24.3 Å². The topological polar surface area (TPSA) is 73.6 Å². The molecule has 0 aliphatic heterocycles. The molecule has 6 heteroatoms. The molecule has 2 rings (SSSR count). The fourth-order valence-electron chi connectivity index (χ4n) is 1.91.